The van der Waals surface area contributed by atoms with E-state index in [9.17, 15) is 4.39 Å². The maximum absolute atomic E-state index is 13.1. The van der Waals surface area contributed by atoms with E-state index in [1.807, 2.05) is 13.0 Å². The third-order valence-corrected chi connectivity index (χ3v) is 2.94. The van der Waals surface area contributed by atoms with Gasteiger partial charge in [0.2, 0.25) is 11.7 Å². The van der Waals surface area contributed by atoms with Gasteiger partial charge in [0.25, 0.3) is 0 Å². The van der Waals surface area contributed by atoms with Crippen LogP contribution in [0.4, 0.5) is 4.39 Å². The molecule has 0 atom stereocenters. The van der Waals surface area contributed by atoms with Gasteiger partial charge in [0.1, 0.15) is 11.5 Å². The number of halogens is 1. The lowest BCUT2D eigenvalue weighted by Gasteiger charge is -1.94. The predicted molar refractivity (Wildman–Crippen MR) is 79.3 cm³/mol. The molecule has 2 aromatic heterocycles. The number of nitrogens with zero attached hydrogens (tertiary/aromatic N) is 3. The first-order valence-electron chi connectivity index (χ1n) is 6.81. The topological polar surface area (TPSA) is 51.8 Å². The van der Waals surface area contributed by atoms with E-state index in [0.717, 1.165) is 5.56 Å². The highest BCUT2D eigenvalue weighted by Crippen LogP contribution is 2.13. The van der Waals surface area contributed by atoms with Crippen LogP contribution in [-0.4, -0.2) is 15.1 Å². The molecule has 0 saturated heterocycles. The minimum atomic E-state index is -0.302. The molecule has 1 aromatic carbocycles. The summed E-state index contributed by atoms with van der Waals surface area (Å²) in [6.07, 6.45) is 2.31. The van der Waals surface area contributed by atoms with E-state index < -0.39 is 0 Å². The second-order valence-electron chi connectivity index (χ2n) is 4.56. The van der Waals surface area contributed by atoms with Gasteiger partial charge in [0.15, 0.2) is 0 Å². The van der Waals surface area contributed by atoms with Crippen molar-refractivity contribution >= 4 is 0 Å². The fourth-order valence-electron chi connectivity index (χ4n) is 1.81. The highest BCUT2D eigenvalue weighted by Gasteiger charge is 2.07. The van der Waals surface area contributed by atoms with Gasteiger partial charge in [-0.2, -0.15) is 4.98 Å². The Hall–Kier alpha value is -3.00. The van der Waals surface area contributed by atoms with Gasteiger partial charge < -0.3 is 4.52 Å². The maximum Gasteiger partial charge on any atom is 0.226 e. The van der Waals surface area contributed by atoms with Crippen LogP contribution in [0.5, 0.6) is 0 Å². The van der Waals surface area contributed by atoms with Crippen LogP contribution >= 0.6 is 0 Å². The minimum Gasteiger partial charge on any atom is -0.339 e. The summed E-state index contributed by atoms with van der Waals surface area (Å²) in [7, 11) is 0. The molecule has 0 bridgehead atoms. The van der Waals surface area contributed by atoms with Gasteiger partial charge in [-0.3, -0.25) is 4.98 Å². The SMILES string of the molecule is CCc1nc(-c2ccc(C#Cc3cccc(F)c3)cn2)no1. The first-order valence-corrected chi connectivity index (χ1v) is 6.81. The van der Waals surface area contributed by atoms with Crippen molar-refractivity contribution < 1.29 is 8.91 Å². The van der Waals surface area contributed by atoms with Gasteiger partial charge in [0.05, 0.1) is 0 Å². The Labute approximate surface area is 127 Å². The van der Waals surface area contributed by atoms with Crippen LogP contribution in [0.2, 0.25) is 0 Å². The summed E-state index contributed by atoms with van der Waals surface area (Å²) < 4.78 is 18.1. The average Bonchev–Trinajstić information content (AvgIpc) is 3.03. The van der Waals surface area contributed by atoms with Crippen molar-refractivity contribution in [3.8, 4) is 23.4 Å². The van der Waals surface area contributed by atoms with E-state index in [0.29, 0.717) is 29.4 Å². The highest BCUT2D eigenvalue weighted by molar-refractivity contribution is 5.50. The van der Waals surface area contributed by atoms with Crippen LogP contribution < -0.4 is 0 Å². The monoisotopic (exact) mass is 293 g/mol. The van der Waals surface area contributed by atoms with Gasteiger partial charge in [-0.25, -0.2) is 4.39 Å². The highest BCUT2D eigenvalue weighted by atomic mass is 19.1. The molecular weight excluding hydrogens is 281 g/mol. The van der Waals surface area contributed by atoms with E-state index in [2.05, 4.69) is 27.0 Å². The molecule has 5 heteroatoms. The maximum atomic E-state index is 13.1. The summed E-state index contributed by atoms with van der Waals surface area (Å²) >= 11 is 0. The summed E-state index contributed by atoms with van der Waals surface area (Å²) in [6, 6.07) is 9.75. The van der Waals surface area contributed by atoms with Crippen LogP contribution in [0.1, 0.15) is 23.9 Å². The van der Waals surface area contributed by atoms with Crippen molar-refractivity contribution in [2.24, 2.45) is 0 Å². The molecule has 2 heterocycles. The molecule has 0 saturated carbocycles. The summed E-state index contributed by atoms with van der Waals surface area (Å²) in [6.45, 7) is 1.94. The zero-order valence-electron chi connectivity index (χ0n) is 11.9. The predicted octanol–water partition coefficient (Wildman–Crippen LogP) is 3.23. The van der Waals surface area contributed by atoms with Gasteiger partial charge in [-0.1, -0.05) is 30.0 Å². The lowest BCUT2D eigenvalue weighted by atomic mass is 10.2. The number of benzene rings is 1. The van der Waals surface area contributed by atoms with E-state index in [1.54, 1.807) is 24.4 Å². The molecule has 0 fully saturated rings. The number of hydrogen-bond acceptors (Lipinski definition) is 4. The van der Waals surface area contributed by atoms with Crippen LogP contribution in [0.15, 0.2) is 47.1 Å². The molecule has 0 aliphatic rings. The number of aromatic nitrogens is 3. The van der Waals surface area contributed by atoms with Gasteiger partial charge >= 0.3 is 0 Å². The van der Waals surface area contributed by atoms with Gasteiger partial charge in [0, 0.05) is 23.7 Å². The minimum absolute atomic E-state index is 0.302. The van der Waals surface area contributed by atoms with E-state index in [1.165, 1.54) is 12.1 Å². The number of aryl methyl sites for hydroxylation is 1. The summed E-state index contributed by atoms with van der Waals surface area (Å²) in [5, 5.41) is 3.86. The molecule has 4 nitrogen and oxygen atoms in total. The number of pyridine rings is 1. The van der Waals surface area contributed by atoms with E-state index in [4.69, 9.17) is 4.52 Å². The zero-order chi connectivity index (χ0) is 15.4. The Morgan fingerprint density at radius 2 is 2.00 bits per heavy atom. The Kier molecular flexibility index (Phi) is 3.92. The standard InChI is InChI=1S/C17H12FN3O/c1-2-16-20-17(21-22-16)15-9-8-13(11-19-15)7-6-12-4-3-5-14(18)10-12/h3-5,8-11H,2H2,1H3. The van der Waals surface area contributed by atoms with Crippen molar-refractivity contribution in [1.29, 1.82) is 0 Å². The normalized spacial score (nSPS) is 10.1. The average molecular weight is 293 g/mol. The van der Waals surface area contributed by atoms with Crippen LogP contribution in [0, 0.1) is 17.7 Å². The van der Waals surface area contributed by atoms with Crippen LogP contribution in [0.25, 0.3) is 11.5 Å². The molecule has 0 radical (unpaired) electrons. The second kappa shape index (κ2) is 6.19. The molecular formula is C17H12FN3O. The van der Waals surface area contributed by atoms with E-state index in [-0.39, 0.29) is 5.82 Å². The third-order valence-electron chi connectivity index (χ3n) is 2.94. The summed E-state index contributed by atoms with van der Waals surface area (Å²) in [5.74, 6) is 6.57. The summed E-state index contributed by atoms with van der Waals surface area (Å²) in [4.78, 5) is 8.48. The van der Waals surface area contributed by atoms with Gasteiger partial charge in [-0.05, 0) is 30.3 Å². The van der Waals surface area contributed by atoms with Gasteiger partial charge in [-0.15, -0.1) is 0 Å². The Morgan fingerprint density at radius 1 is 1.14 bits per heavy atom. The van der Waals surface area contributed by atoms with Crippen molar-refractivity contribution in [2.75, 3.05) is 0 Å². The Bertz CT molecular complexity index is 844. The summed E-state index contributed by atoms with van der Waals surface area (Å²) in [5.41, 5.74) is 1.97. The molecule has 0 amide bonds. The molecule has 0 aliphatic heterocycles. The first kappa shape index (κ1) is 14.0. The molecule has 3 aromatic rings. The molecule has 0 spiro atoms. The lowest BCUT2D eigenvalue weighted by molar-refractivity contribution is 0.382. The Morgan fingerprint density at radius 3 is 2.68 bits per heavy atom. The quantitative estimate of drug-likeness (QED) is 0.681. The van der Waals surface area contributed by atoms with Crippen LogP contribution in [-0.2, 0) is 6.42 Å². The largest absolute Gasteiger partial charge is 0.339 e. The van der Waals surface area contributed by atoms with E-state index >= 15 is 0 Å². The molecule has 22 heavy (non-hydrogen) atoms. The second-order valence-corrected chi connectivity index (χ2v) is 4.56. The van der Waals surface area contributed by atoms with Crippen molar-refractivity contribution in [3.05, 3.63) is 65.4 Å². The lowest BCUT2D eigenvalue weighted by Crippen LogP contribution is -1.87. The zero-order valence-corrected chi connectivity index (χ0v) is 11.9. The third kappa shape index (κ3) is 3.18. The molecule has 108 valence electrons. The molecule has 0 N–H and O–H groups in total. The molecule has 0 aliphatic carbocycles. The smallest absolute Gasteiger partial charge is 0.226 e. The van der Waals surface area contributed by atoms with Crippen molar-refractivity contribution in [2.45, 2.75) is 13.3 Å². The first-order chi connectivity index (χ1) is 10.7. The van der Waals surface area contributed by atoms with Crippen molar-refractivity contribution in [3.63, 3.8) is 0 Å². The Balaban J connectivity index is 1.80. The van der Waals surface area contributed by atoms with Crippen molar-refractivity contribution in [1.82, 2.24) is 15.1 Å². The van der Waals surface area contributed by atoms with Crippen LogP contribution in [0.3, 0.4) is 0 Å². The fraction of sp³-hybridized carbons (Fsp3) is 0.118. The molecule has 0 unspecified atom stereocenters. The number of rotatable bonds is 2. The molecule has 3 rings (SSSR count). The number of hydrogen-bond donors (Lipinski definition) is 0. The fourth-order valence-corrected chi connectivity index (χ4v) is 1.81.